The number of nitrogens with one attached hydrogen (secondary N) is 1. The van der Waals surface area contributed by atoms with Gasteiger partial charge in [-0.1, -0.05) is 17.7 Å². The summed E-state index contributed by atoms with van der Waals surface area (Å²) in [7, 11) is -3.97. The van der Waals surface area contributed by atoms with Crippen molar-refractivity contribution < 1.29 is 12.8 Å². The average Bonchev–Trinajstić information content (AvgIpc) is 1.96. The molecule has 0 spiro atoms. The van der Waals surface area contributed by atoms with Crippen molar-refractivity contribution in [2.45, 2.75) is 0 Å². The molecule has 0 unspecified atom stereocenters. The Bertz CT molecular complexity index is 421. The monoisotopic (exact) mass is 224 g/mol. The van der Waals surface area contributed by atoms with Gasteiger partial charge < -0.3 is 0 Å². The van der Waals surface area contributed by atoms with Gasteiger partial charge in [0.25, 0.3) is 10.2 Å². The van der Waals surface area contributed by atoms with Gasteiger partial charge in [-0.2, -0.15) is 8.42 Å². The first kappa shape index (κ1) is 10.2. The number of nitrogens with two attached hydrogens (primary N) is 1. The van der Waals surface area contributed by atoms with Crippen LogP contribution in [-0.4, -0.2) is 8.42 Å². The van der Waals surface area contributed by atoms with E-state index in [1.54, 1.807) is 4.72 Å². The van der Waals surface area contributed by atoms with Gasteiger partial charge in [-0.3, -0.25) is 4.72 Å². The van der Waals surface area contributed by atoms with Crippen molar-refractivity contribution in [2.75, 3.05) is 4.72 Å². The molecule has 0 aliphatic carbocycles. The Morgan fingerprint density at radius 1 is 1.46 bits per heavy atom. The second-order valence-corrected chi connectivity index (χ2v) is 3.95. The van der Waals surface area contributed by atoms with Gasteiger partial charge in [-0.15, -0.1) is 0 Å². The lowest BCUT2D eigenvalue weighted by Gasteiger charge is -2.04. The maximum Gasteiger partial charge on any atom is 0.296 e. The summed E-state index contributed by atoms with van der Waals surface area (Å²) in [5.41, 5.74) is -0.269. The zero-order valence-corrected chi connectivity index (χ0v) is 7.86. The van der Waals surface area contributed by atoms with Crippen LogP contribution in [0.5, 0.6) is 0 Å². The lowest BCUT2D eigenvalue weighted by molar-refractivity contribution is 0.600. The van der Waals surface area contributed by atoms with E-state index in [4.69, 9.17) is 11.6 Å². The highest BCUT2D eigenvalue weighted by Crippen LogP contribution is 2.22. The lowest BCUT2D eigenvalue weighted by atomic mass is 10.3. The molecular formula is C6H6ClFN2O2S. The minimum Gasteiger partial charge on any atom is -0.268 e. The third kappa shape index (κ3) is 2.83. The molecule has 0 radical (unpaired) electrons. The minimum absolute atomic E-state index is 0.173. The van der Waals surface area contributed by atoms with Crippen LogP contribution in [0.15, 0.2) is 18.2 Å². The first-order valence-corrected chi connectivity index (χ1v) is 5.07. The molecular weight excluding hydrogens is 219 g/mol. The molecule has 3 N–H and O–H groups in total. The Hall–Kier alpha value is -0.850. The fourth-order valence-corrected chi connectivity index (χ4v) is 1.37. The Morgan fingerprint density at radius 2 is 2.08 bits per heavy atom. The molecule has 0 aliphatic rings. The zero-order valence-electron chi connectivity index (χ0n) is 6.29. The van der Waals surface area contributed by atoms with Gasteiger partial charge >= 0.3 is 0 Å². The van der Waals surface area contributed by atoms with Gasteiger partial charge in [-0.25, -0.2) is 9.53 Å². The molecule has 1 rings (SSSR count). The summed E-state index contributed by atoms with van der Waals surface area (Å²) in [6.45, 7) is 0. The Labute approximate surface area is 79.7 Å². The van der Waals surface area contributed by atoms with E-state index in [9.17, 15) is 12.8 Å². The van der Waals surface area contributed by atoms with Gasteiger partial charge in [0.05, 0.1) is 10.7 Å². The van der Waals surface area contributed by atoms with Gasteiger partial charge in [0, 0.05) is 0 Å². The number of hydrogen-bond donors (Lipinski definition) is 2. The van der Waals surface area contributed by atoms with E-state index in [1.807, 2.05) is 0 Å². The quantitative estimate of drug-likeness (QED) is 0.790. The van der Waals surface area contributed by atoms with Crippen LogP contribution in [0.2, 0.25) is 5.02 Å². The van der Waals surface area contributed by atoms with Crippen LogP contribution in [0.1, 0.15) is 0 Å². The summed E-state index contributed by atoms with van der Waals surface area (Å²) >= 11 is 5.39. The van der Waals surface area contributed by atoms with Crippen LogP contribution in [0.25, 0.3) is 0 Å². The molecule has 0 atom stereocenters. The molecule has 0 amide bonds. The topological polar surface area (TPSA) is 72.2 Å². The van der Waals surface area contributed by atoms with E-state index >= 15 is 0 Å². The van der Waals surface area contributed by atoms with Crippen LogP contribution in [0.4, 0.5) is 10.1 Å². The molecule has 0 aromatic heterocycles. The summed E-state index contributed by atoms with van der Waals surface area (Å²) in [5, 5.41) is 4.47. The maximum absolute atomic E-state index is 13.0. The number of benzene rings is 1. The molecule has 0 fully saturated rings. The van der Waals surface area contributed by atoms with Crippen LogP contribution >= 0.6 is 11.6 Å². The van der Waals surface area contributed by atoms with E-state index in [0.29, 0.717) is 0 Å². The van der Waals surface area contributed by atoms with Crippen molar-refractivity contribution in [2.24, 2.45) is 5.14 Å². The first-order chi connectivity index (χ1) is 5.90. The molecule has 13 heavy (non-hydrogen) atoms. The van der Waals surface area contributed by atoms with Crippen LogP contribution in [-0.2, 0) is 10.2 Å². The van der Waals surface area contributed by atoms with E-state index in [0.717, 1.165) is 0 Å². The van der Waals surface area contributed by atoms with Crippen LogP contribution in [0, 0.1) is 5.82 Å². The van der Waals surface area contributed by atoms with E-state index < -0.39 is 16.0 Å². The maximum atomic E-state index is 13.0. The molecule has 4 nitrogen and oxygen atoms in total. The van der Waals surface area contributed by atoms with Crippen molar-refractivity contribution in [3.05, 3.63) is 29.0 Å². The molecule has 0 saturated heterocycles. The van der Waals surface area contributed by atoms with Crippen molar-refractivity contribution >= 4 is 27.5 Å². The minimum atomic E-state index is -3.97. The number of rotatable bonds is 2. The molecule has 1 aromatic rings. The van der Waals surface area contributed by atoms with E-state index in [2.05, 4.69) is 5.14 Å². The zero-order chi connectivity index (χ0) is 10.1. The van der Waals surface area contributed by atoms with E-state index in [-0.39, 0.29) is 10.7 Å². The molecule has 0 heterocycles. The predicted molar refractivity (Wildman–Crippen MR) is 48.1 cm³/mol. The number of anilines is 1. The molecule has 0 saturated carbocycles. The van der Waals surface area contributed by atoms with Crippen molar-refractivity contribution in [1.29, 1.82) is 0 Å². The summed E-state index contributed by atoms with van der Waals surface area (Å²) in [4.78, 5) is 0. The van der Waals surface area contributed by atoms with E-state index in [1.165, 1.54) is 18.2 Å². The summed E-state index contributed by atoms with van der Waals surface area (Å²) in [6.07, 6.45) is 0. The normalized spacial score (nSPS) is 11.3. The fourth-order valence-electron chi connectivity index (χ4n) is 0.736. The third-order valence-corrected chi connectivity index (χ3v) is 2.00. The Kier molecular flexibility index (Phi) is 2.74. The Balaban J connectivity index is 3.10. The lowest BCUT2D eigenvalue weighted by Crippen LogP contribution is -2.22. The highest BCUT2D eigenvalue weighted by atomic mass is 35.5. The van der Waals surface area contributed by atoms with Gasteiger partial charge in [0.15, 0.2) is 5.82 Å². The summed E-state index contributed by atoms with van der Waals surface area (Å²) in [6, 6.07) is 3.91. The van der Waals surface area contributed by atoms with Gasteiger partial charge in [0.2, 0.25) is 0 Å². The highest BCUT2D eigenvalue weighted by Gasteiger charge is 2.09. The highest BCUT2D eigenvalue weighted by molar-refractivity contribution is 7.90. The van der Waals surface area contributed by atoms with Crippen molar-refractivity contribution in [3.63, 3.8) is 0 Å². The standard InChI is InChI=1S/C6H6ClFN2O2S/c7-4-2-1-3-5(6(4)8)10-13(9,11)12/h1-3,10H,(H2,9,11,12). The smallest absolute Gasteiger partial charge is 0.268 e. The summed E-state index contributed by atoms with van der Waals surface area (Å²) < 4.78 is 35.8. The Morgan fingerprint density at radius 3 is 2.62 bits per heavy atom. The van der Waals surface area contributed by atoms with Gasteiger partial charge in [0.1, 0.15) is 0 Å². The largest absolute Gasteiger partial charge is 0.296 e. The molecule has 0 bridgehead atoms. The van der Waals surface area contributed by atoms with Crippen LogP contribution in [0.3, 0.4) is 0 Å². The number of halogens is 2. The average molecular weight is 225 g/mol. The first-order valence-electron chi connectivity index (χ1n) is 3.15. The molecule has 0 aliphatic heterocycles. The van der Waals surface area contributed by atoms with Crippen molar-refractivity contribution in [3.8, 4) is 0 Å². The third-order valence-electron chi connectivity index (χ3n) is 1.20. The summed E-state index contributed by atoms with van der Waals surface area (Å²) in [5.74, 6) is -0.849. The van der Waals surface area contributed by atoms with Gasteiger partial charge in [-0.05, 0) is 12.1 Å². The van der Waals surface area contributed by atoms with Crippen LogP contribution < -0.4 is 9.86 Å². The SMILES string of the molecule is NS(=O)(=O)Nc1cccc(Cl)c1F. The molecule has 72 valence electrons. The fraction of sp³-hybridized carbons (Fsp3) is 0. The number of hydrogen-bond acceptors (Lipinski definition) is 2. The van der Waals surface area contributed by atoms with Crippen molar-refractivity contribution in [1.82, 2.24) is 0 Å². The predicted octanol–water partition coefficient (Wildman–Crippen LogP) is 1.09. The molecule has 1 aromatic carbocycles. The second-order valence-electron chi connectivity index (χ2n) is 2.25. The molecule has 7 heteroatoms. The second kappa shape index (κ2) is 3.49.